The first-order chi connectivity index (χ1) is 11.7. The zero-order valence-electron chi connectivity index (χ0n) is 13.2. The molecule has 0 aliphatic carbocycles. The van der Waals surface area contributed by atoms with Crippen molar-refractivity contribution in [3.8, 4) is 11.5 Å². The number of phenolic OH excluding ortho intramolecular Hbond substituents is 2. The van der Waals surface area contributed by atoms with Crippen LogP contribution < -0.4 is 5.32 Å². The Hall–Kier alpha value is -2.46. The number of carbonyl (C=O) groups is 3. The van der Waals surface area contributed by atoms with Gasteiger partial charge in [0.15, 0.2) is 6.10 Å². The number of esters is 1. The zero-order chi connectivity index (χ0) is 18.7. The van der Waals surface area contributed by atoms with Gasteiger partial charge in [-0.05, 0) is 6.92 Å². The smallest absolute Gasteiger partial charge is 0.339 e. The highest BCUT2D eigenvalue weighted by atomic mass is 32.2. The van der Waals surface area contributed by atoms with Crippen LogP contribution in [0.4, 0.5) is 0 Å². The summed E-state index contributed by atoms with van der Waals surface area (Å²) in [7, 11) is 0. The van der Waals surface area contributed by atoms with Gasteiger partial charge >= 0.3 is 11.9 Å². The standard InChI is InChI=1S/C15H17NO8S/c1-6-9(17)2-10(18)7-4-25-5-8(14(21)22)16-13(20)11(19)3-24-15(23)12(6)7/h2,8,11,17-19H,3-5H2,1H3,(H,16,20)(H,21,22)/t8-,11-/m0/s1. The van der Waals surface area contributed by atoms with Gasteiger partial charge in [-0.25, -0.2) is 9.59 Å². The van der Waals surface area contributed by atoms with Gasteiger partial charge in [-0.3, -0.25) is 4.79 Å². The Bertz CT molecular complexity index is 720. The summed E-state index contributed by atoms with van der Waals surface area (Å²) in [6.07, 6.45) is -1.75. The molecule has 1 amide bonds. The number of fused-ring (bicyclic) bond motifs is 1. The SMILES string of the molecule is Cc1c(O)cc(O)c2c1C(=O)OC[C@H](O)C(=O)N[C@H](C(=O)O)CSC2. The Morgan fingerprint density at radius 2 is 2.00 bits per heavy atom. The summed E-state index contributed by atoms with van der Waals surface area (Å²) < 4.78 is 4.88. The van der Waals surface area contributed by atoms with Gasteiger partial charge in [0.25, 0.3) is 5.91 Å². The third-order valence-electron chi connectivity index (χ3n) is 3.67. The molecule has 0 saturated carbocycles. The number of benzene rings is 1. The van der Waals surface area contributed by atoms with Gasteiger partial charge in [0, 0.05) is 28.7 Å². The largest absolute Gasteiger partial charge is 0.508 e. The quantitative estimate of drug-likeness (QED) is 0.420. The maximum absolute atomic E-state index is 12.3. The summed E-state index contributed by atoms with van der Waals surface area (Å²) in [5.74, 6) is -3.82. The van der Waals surface area contributed by atoms with Crippen molar-refractivity contribution in [1.29, 1.82) is 0 Å². The number of cyclic esters (lactones) is 1. The van der Waals surface area contributed by atoms with E-state index in [0.29, 0.717) is 0 Å². The number of hydrogen-bond acceptors (Lipinski definition) is 8. The van der Waals surface area contributed by atoms with Crippen molar-refractivity contribution in [2.24, 2.45) is 0 Å². The van der Waals surface area contributed by atoms with E-state index in [9.17, 15) is 29.7 Å². The molecule has 1 aromatic rings. The van der Waals surface area contributed by atoms with Gasteiger partial charge in [-0.1, -0.05) is 0 Å². The normalized spacial score (nSPS) is 22.0. The van der Waals surface area contributed by atoms with Crippen molar-refractivity contribution in [3.63, 3.8) is 0 Å². The van der Waals surface area contributed by atoms with Crippen molar-refractivity contribution in [2.45, 2.75) is 24.8 Å². The van der Waals surface area contributed by atoms with Gasteiger partial charge < -0.3 is 30.5 Å². The van der Waals surface area contributed by atoms with E-state index in [1.54, 1.807) is 0 Å². The molecule has 0 bridgehead atoms. The average Bonchev–Trinajstić information content (AvgIpc) is 2.54. The van der Waals surface area contributed by atoms with E-state index >= 15 is 0 Å². The van der Waals surface area contributed by atoms with E-state index in [1.807, 2.05) is 0 Å². The lowest BCUT2D eigenvalue weighted by Gasteiger charge is -2.20. The molecule has 5 N–H and O–H groups in total. The maximum atomic E-state index is 12.3. The number of aliphatic hydroxyl groups excluding tert-OH is 1. The number of hydrogen-bond donors (Lipinski definition) is 5. The predicted molar refractivity (Wildman–Crippen MR) is 86.5 cm³/mol. The summed E-state index contributed by atoms with van der Waals surface area (Å²) in [6, 6.07) is -0.176. The average molecular weight is 371 g/mol. The molecule has 0 saturated heterocycles. The van der Waals surface area contributed by atoms with Crippen molar-refractivity contribution >= 4 is 29.6 Å². The Morgan fingerprint density at radius 3 is 2.64 bits per heavy atom. The van der Waals surface area contributed by atoms with Crippen LogP contribution in [-0.4, -0.2) is 62.8 Å². The molecule has 136 valence electrons. The van der Waals surface area contributed by atoms with Crippen LogP contribution in [0.2, 0.25) is 0 Å². The van der Waals surface area contributed by atoms with E-state index in [4.69, 9.17) is 9.84 Å². The molecule has 10 heteroatoms. The number of aromatic hydroxyl groups is 2. The molecule has 1 aliphatic rings. The number of amides is 1. The second kappa shape index (κ2) is 7.62. The fourth-order valence-electron chi connectivity index (χ4n) is 2.25. The minimum atomic E-state index is -1.75. The topological polar surface area (TPSA) is 153 Å². The molecular weight excluding hydrogens is 354 g/mol. The van der Waals surface area contributed by atoms with E-state index < -0.39 is 36.6 Å². The molecule has 0 fully saturated rings. The number of aliphatic hydroxyl groups is 1. The summed E-state index contributed by atoms with van der Waals surface area (Å²) in [4.78, 5) is 35.3. The molecule has 0 unspecified atom stereocenters. The Morgan fingerprint density at radius 1 is 1.32 bits per heavy atom. The molecule has 2 atom stereocenters. The lowest BCUT2D eigenvalue weighted by molar-refractivity contribution is -0.143. The van der Waals surface area contributed by atoms with Crippen LogP contribution in [0.15, 0.2) is 6.07 Å². The second-order valence-electron chi connectivity index (χ2n) is 5.42. The molecule has 2 rings (SSSR count). The van der Waals surface area contributed by atoms with Crippen molar-refractivity contribution in [3.05, 3.63) is 22.8 Å². The lowest BCUT2D eigenvalue weighted by Crippen LogP contribution is -2.48. The van der Waals surface area contributed by atoms with Crippen LogP contribution in [0.3, 0.4) is 0 Å². The van der Waals surface area contributed by atoms with E-state index in [-0.39, 0.29) is 39.7 Å². The number of ether oxygens (including phenoxy) is 1. The van der Waals surface area contributed by atoms with Crippen LogP contribution >= 0.6 is 11.8 Å². The Balaban J connectivity index is 2.43. The number of aliphatic carboxylic acids is 1. The molecule has 1 aromatic carbocycles. The highest BCUT2D eigenvalue weighted by molar-refractivity contribution is 7.98. The molecule has 25 heavy (non-hydrogen) atoms. The summed E-state index contributed by atoms with van der Waals surface area (Å²) in [6.45, 7) is 0.758. The summed E-state index contributed by atoms with van der Waals surface area (Å²) in [5, 5.41) is 40.9. The Labute approximate surface area is 146 Å². The number of carboxylic acid groups (broad SMARTS) is 1. The summed E-state index contributed by atoms with van der Waals surface area (Å²) in [5.41, 5.74) is 0.269. The first-order valence-corrected chi connectivity index (χ1v) is 8.38. The number of carboxylic acids is 1. The van der Waals surface area contributed by atoms with E-state index in [2.05, 4.69) is 5.32 Å². The molecule has 1 aliphatic heterocycles. The number of nitrogens with one attached hydrogen (secondary N) is 1. The first-order valence-electron chi connectivity index (χ1n) is 7.22. The van der Waals surface area contributed by atoms with Crippen molar-refractivity contribution < 1.29 is 39.5 Å². The molecule has 0 spiro atoms. The number of phenols is 2. The van der Waals surface area contributed by atoms with Crippen LogP contribution in [0.5, 0.6) is 11.5 Å². The van der Waals surface area contributed by atoms with E-state index in [0.717, 1.165) is 17.8 Å². The monoisotopic (exact) mass is 371 g/mol. The molecule has 9 nitrogen and oxygen atoms in total. The first kappa shape index (κ1) is 18.9. The van der Waals surface area contributed by atoms with Gasteiger partial charge in [0.05, 0.1) is 5.56 Å². The van der Waals surface area contributed by atoms with Crippen molar-refractivity contribution in [1.82, 2.24) is 5.32 Å². The number of rotatable bonds is 1. The van der Waals surface area contributed by atoms with Gasteiger partial charge in [0.1, 0.15) is 24.1 Å². The molecule has 0 radical (unpaired) electrons. The van der Waals surface area contributed by atoms with Crippen LogP contribution in [0.1, 0.15) is 21.5 Å². The lowest BCUT2D eigenvalue weighted by atomic mass is 10.0. The predicted octanol–water partition coefficient (Wildman–Crippen LogP) is -0.260. The van der Waals surface area contributed by atoms with Crippen LogP contribution in [0.25, 0.3) is 0 Å². The van der Waals surface area contributed by atoms with E-state index in [1.165, 1.54) is 6.92 Å². The maximum Gasteiger partial charge on any atom is 0.339 e. The fourth-order valence-corrected chi connectivity index (χ4v) is 3.33. The summed E-state index contributed by atoms with van der Waals surface area (Å²) >= 11 is 1.05. The van der Waals surface area contributed by atoms with Crippen LogP contribution in [-0.2, 0) is 20.1 Å². The molecular formula is C15H17NO8S. The number of carbonyl (C=O) groups excluding carboxylic acids is 2. The van der Waals surface area contributed by atoms with Gasteiger partial charge in [-0.2, -0.15) is 11.8 Å². The minimum absolute atomic E-state index is 0.0539. The van der Waals surface area contributed by atoms with Gasteiger partial charge in [-0.15, -0.1) is 0 Å². The Kier molecular flexibility index (Phi) is 5.75. The third-order valence-corrected chi connectivity index (χ3v) is 4.73. The fraction of sp³-hybridized carbons (Fsp3) is 0.400. The minimum Gasteiger partial charge on any atom is -0.508 e. The van der Waals surface area contributed by atoms with Crippen molar-refractivity contribution in [2.75, 3.05) is 12.4 Å². The highest BCUT2D eigenvalue weighted by Crippen LogP contribution is 2.35. The second-order valence-corrected chi connectivity index (χ2v) is 6.45. The molecule has 0 aromatic heterocycles. The third kappa shape index (κ3) is 4.15. The molecule has 1 heterocycles. The van der Waals surface area contributed by atoms with Crippen LogP contribution in [0, 0.1) is 6.92 Å². The van der Waals surface area contributed by atoms with Gasteiger partial charge in [0.2, 0.25) is 0 Å². The number of thioether (sulfide) groups is 1. The highest BCUT2D eigenvalue weighted by Gasteiger charge is 2.28. The zero-order valence-corrected chi connectivity index (χ0v) is 14.0.